The summed E-state index contributed by atoms with van der Waals surface area (Å²) in [4.78, 5) is 16.1. The third kappa shape index (κ3) is 2.49. The molecule has 104 valence electrons. The van der Waals surface area contributed by atoms with Crippen molar-refractivity contribution in [2.45, 2.75) is 64.3 Å². The Labute approximate surface area is 112 Å². The van der Waals surface area contributed by atoms with Gasteiger partial charge in [-0.2, -0.15) is 5.10 Å². The summed E-state index contributed by atoms with van der Waals surface area (Å²) in [5, 5.41) is 7.88. The van der Waals surface area contributed by atoms with Crippen LogP contribution in [-0.2, 0) is 28.9 Å². The summed E-state index contributed by atoms with van der Waals surface area (Å²) in [6, 6.07) is 0.123. The number of nitrogens with zero attached hydrogens (tertiary/aromatic N) is 3. The molecule has 6 heteroatoms. The van der Waals surface area contributed by atoms with Crippen LogP contribution in [0.3, 0.4) is 0 Å². The quantitative estimate of drug-likeness (QED) is 0.803. The fraction of sp³-hybridized carbons (Fsp3) is 0.769. The van der Waals surface area contributed by atoms with Gasteiger partial charge in [-0.05, 0) is 13.3 Å². The largest absolute Gasteiger partial charge is 0.461 e. The van der Waals surface area contributed by atoms with Crippen molar-refractivity contribution < 1.29 is 9.53 Å². The highest BCUT2D eigenvalue weighted by Gasteiger charge is 2.34. The number of aryl methyl sites for hydroxylation is 2. The standard InChI is InChI=1S/C13H20N4O2/c1-3-11-15-12-5-4-9(7-17(12)16-11)14-10-6-8(2)19-13(10)18/h8-10,14H,3-7H2,1-2H3. The number of carbonyl (C=O) groups excluding carboxylic acids is 1. The molecule has 1 fully saturated rings. The average molecular weight is 264 g/mol. The molecule has 1 aromatic rings. The number of hydrogen-bond acceptors (Lipinski definition) is 5. The van der Waals surface area contributed by atoms with Gasteiger partial charge in [-0.3, -0.25) is 10.1 Å². The van der Waals surface area contributed by atoms with E-state index in [1.807, 2.05) is 11.6 Å². The van der Waals surface area contributed by atoms with Gasteiger partial charge in [-0.25, -0.2) is 9.67 Å². The van der Waals surface area contributed by atoms with Gasteiger partial charge >= 0.3 is 5.97 Å². The van der Waals surface area contributed by atoms with Gasteiger partial charge in [0.1, 0.15) is 18.0 Å². The Morgan fingerprint density at radius 2 is 2.37 bits per heavy atom. The summed E-state index contributed by atoms with van der Waals surface area (Å²) in [5.41, 5.74) is 0. The highest BCUT2D eigenvalue weighted by molar-refractivity contribution is 5.77. The normalized spacial score (nSPS) is 30.2. The van der Waals surface area contributed by atoms with Gasteiger partial charge in [0, 0.05) is 25.3 Å². The second-order valence-corrected chi connectivity index (χ2v) is 5.42. The number of rotatable bonds is 3. The lowest BCUT2D eigenvalue weighted by atomic mass is 10.1. The van der Waals surface area contributed by atoms with Crippen molar-refractivity contribution in [3.05, 3.63) is 11.6 Å². The third-order valence-electron chi connectivity index (χ3n) is 3.82. The molecule has 0 amide bonds. The number of ether oxygens (including phenoxy) is 1. The predicted octanol–water partition coefficient (Wildman–Crippen LogP) is 0.449. The van der Waals surface area contributed by atoms with E-state index < -0.39 is 0 Å². The van der Waals surface area contributed by atoms with Crippen LogP contribution in [0.5, 0.6) is 0 Å². The second-order valence-electron chi connectivity index (χ2n) is 5.42. The number of fused-ring (bicyclic) bond motifs is 1. The first-order valence-electron chi connectivity index (χ1n) is 7.05. The molecule has 2 aliphatic heterocycles. The number of aromatic nitrogens is 3. The minimum atomic E-state index is -0.157. The highest BCUT2D eigenvalue weighted by Crippen LogP contribution is 2.18. The van der Waals surface area contributed by atoms with Crippen molar-refractivity contribution in [3.63, 3.8) is 0 Å². The third-order valence-corrected chi connectivity index (χ3v) is 3.82. The van der Waals surface area contributed by atoms with Crippen LogP contribution in [-0.4, -0.2) is 38.9 Å². The SMILES string of the molecule is CCc1nc2n(n1)CC(NC1CC(C)OC1=O)CC2. The molecule has 0 spiro atoms. The Hall–Kier alpha value is -1.43. The molecule has 0 aliphatic carbocycles. The summed E-state index contributed by atoms with van der Waals surface area (Å²) in [7, 11) is 0. The molecule has 2 aliphatic rings. The Balaban J connectivity index is 1.64. The molecule has 19 heavy (non-hydrogen) atoms. The molecule has 1 aromatic heterocycles. The van der Waals surface area contributed by atoms with Crippen molar-refractivity contribution in [3.8, 4) is 0 Å². The van der Waals surface area contributed by atoms with E-state index in [9.17, 15) is 4.79 Å². The zero-order valence-electron chi connectivity index (χ0n) is 11.4. The van der Waals surface area contributed by atoms with Crippen molar-refractivity contribution in [2.75, 3.05) is 0 Å². The Morgan fingerprint density at radius 3 is 3.05 bits per heavy atom. The maximum Gasteiger partial charge on any atom is 0.323 e. The van der Waals surface area contributed by atoms with E-state index in [2.05, 4.69) is 22.3 Å². The van der Waals surface area contributed by atoms with Crippen LogP contribution in [0.1, 0.15) is 38.3 Å². The summed E-state index contributed by atoms with van der Waals surface area (Å²) < 4.78 is 7.15. The molecule has 3 heterocycles. The Bertz CT molecular complexity index is 485. The van der Waals surface area contributed by atoms with Crippen molar-refractivity contribution in [1.82, 2.24) is 20.1 Å². The molecule has 0 bridgehead atoms. The van der Waals surface area contributed by atoms with Crippen LogP contribution >= 0.6 is 0 Å². The predicted molar refractivity (Wildman–Crippen MR) is 68.6 cm³/mol. The minimum Gasteiger partial charge on any atom is -0.461 e. The number of nitrogens with one attached hydrogen (secondary N) is 1. The van der Waals surface area contributed by atoms with Crippen LogP contribution < -0.4 is 5.32 Å². The van der Waals surface area contributed by atoms with Crippen LogP contribution in [0.4, 0.5) is 0 Å². The van der Waals surface area contributed by atoms with E-state index in [1.54, 1.807) is 0 Å². The fourth-order valence-corrected chi connectivity index (χ4v) is 2.82. The van der Waals surface area contributed by atoms with E-state index in [0.29, 0.717) is 0 Å². The van der Waals surface area contributed by atoms with E-state index in [0.717, 1.165) is 43.9 Å². The summed E-state index contributed by atoms with van der Waals surface area (Å²) in [6.45, 7) is 4.79. The molecular weight excluding hydrogens is 244 g/mol. The molecule has 1 saturated heterocycles. The van der Waals surface area contributed by atoms with E-state index >= 15 is 0 Å². The topological polar surface area (TPSA) is 69.0 Å². The maximum atomic E-state index is 11.6. The van der Waals surface area contributed by atoms with Gasteiger partial charge in [-0.15, -0.1) is 0 Å². The van der Waals surface area contributed by atoms with Crippen LogP contribution in [0, 0.1) is 0 Å². The van der Waals surface area contributed by atoms with Gasteiger partial charge in [0.05, 0.1) is 6.54 Å². The van der Waals surface area contributed by atoms with Crippen molar-refractivity contribution >= 4 is 5.97 Å². The van der Waals surface area contributed by atoms with E-state index in [-0.39, 0.29) is 24.2 Å². The summed E-state index contributed by atoms with van der Waals surface area (Å²) in [6.07, 6.45) is 3.58. The molecule has 3 unspecified atom stereocenters. The smallest absolute Gasteiger partial charge is 0.323 e. The van der Waals surface area contributed by atoms with Crippen LogP contribution in [0.15, 0.2) is 0 Å². The molecule has 6 nitrogen and oxygen atoms in total. The van der Waals surface area contributed by atoms with Gasteiger partial charge in [0.25, 0.3) is 0 Å². The van der Waals surface area contributed by atoms with Crippen molar-refractivity contribution in [1.29, 1.82) is 0 Å². The monoisotopic (exact) mass is 264 g/mol. The Morgan fingerprint density at radius 1 is 1.53 bits per heavy atom. The molecule has 0 saturated carbocycles. The van der Waals surface area contributed by atoms with E-state index in [1.165, 1.54) is 0 Å². The second kappa shape index (κ2) is 4.92. The highest BCUT2D eigenvalue weighted by atomic mass is 16.6. The summed E-state index contributed by atoms with van der Waals surface area (Å²) in [5.74, 6) is 1.85. The van der Waals surface area contributed by atoms with Crippen molar-refractivity contribution in [2.24, 2.45) is 0 Å². The molecule has 0 radical (unpaired) electrons. The summed E-state index contributed by atoms with van der Waals surface area (Å²) >= 11 is 0. The molecule has 0 aromatic carbocycles. The number of hydrogen-bond donors (Lipinski definition) is 1. The zero-order chi connectivity index (χ0) is 13.4. The maximum absolute atomic E-state index is 11.6. The first-order valence-corrected chi connectivity index (χ1v) is 7.05. The molecule has 1 N–H and O–H groups in total. The lowest BCUT2D eigenvalue weighted by Gasteiger charge is -2.25. The minimum absolute atomic E-state index is 0.0298. The number of cyclic esters (lactones) is 1. The van der Waals surface area contributed by atoms with Gasteiger partial charge < -0.3 is 4.74 Å². The first kappa shape index (κ1) is 12.6. The zero-order valence-corrected chi connectivity index (χ0v) is 11.4. The molecule has 3 atom stereocenters. The number of esters is 1. The van der Waals surface area contributed by atoms with Gasteiger partial charge in [0.15, 0.2) is 5.82 Å². The van der Waals surface area contributed by atoms with Gasteiger partial charge in [0.2, 0.25) is 0 Å². The lowest BCUT2D eigenvalue weighted by Crippen LogP contribution is -2.45. The van der Waals surface area contributed by atoms with Crippen LogP contribution in [0.25, 0.3) is 0 Å². The Kier molecular flexibility index (Phi) is 3.26. The van der Waals surface area contributed by atoms with Crippen LogP contribution in [0.2, 0.25) is 0 Å². The van der Waals surface area contributed by atoms with Gasteiger partial charge in [-0.1, -0.05) is 6.92 Å². The first-order chi connectivity index (χ1) is 9.15. The average Bonchev–Trinajstić information content (AvgIpc) is 2.92. The molecular formula is C13H20N4O2. The molecule has 3 rings (SSSR count). The fourth-order valence-electron chi connectivity index (χ4n) is 2.82. The lowest BCUT2D eigenvalue weighted by molar-refractivity contribution is -0.142. The number of carbonyl (C=O) groups is 1. The van der Waals surface area contributed by atoms with E-state index in [4.69, 9.17) is 4.74 Å².